The second kappa shape index (κ2) is 8.91. The Morgan fingerprint density at radius 3 is 2.34 bits per heavy atom. The van der Waals surface area contributed by atoms with Crippen molar-refractivity contribution in [3.63, 3.8) is 0 Å². The third-order valence-electron chi connectivity index (χ3n) is 4.38. The van der Waals surface area contributed by atoms with Crippen LogP contribution in [0.3, 0.4) is 0 Å². The van der Waals surface area contributed by atoms with Gasteiger partial charge in [0.05, 0.1) is 12.2 Å². The molecule has 3 aromatic carbocycles. The van der Waals surface area contributed by atoms with E-state index in [2.05, 4.69) is 15.9 Å². The Morgan fingerprint density at radius 1 is 0.966 bits per heavy atom. The highest BCUT2D eigenvalue weighted by Gasteiger charge is 2.21. The summed E-state index contributed by atoms with van der Waals surface area (Å²) in [6.07, 6.45) is 0. The van der Waals surface area contributed by atoms with Crippen LogP contribution in [0.1, 0.15) is 15.9 Å². The summed E-state index contributed by atoms with van der Waals surface area (Å²) < 4.78 is 0.933. The number of nitrogens with zero attached hydrogens (tertiary/aromatic N) is 2. The van der Waals surface area contributed by atoms with E-state index in [0.717, 1.165) is 21.3 Å². The average molecular weight is 484 g/mol. The number of halogens is 2. The predicted octanol–water partition coefficient (Wildman–Crippen LogP) is 7.07. The van der Waals surface area contributed by atoms with Gasteiger partial charge in [0.2, 0.25) is 0 Å². The van der Waals surface area contributed by atoms with Crippen LogP contribution >= 0.6 is 38.9 Å². The largest absolute Gasteiger partial charge is 0.279 e. The van der Waals surface area contributed by atoms with Crippen LogP contribution in [0.2, 0.25) is 5.02 Å². The molecule has 3 nitrogen and oxygen atoms in total. The van der Waals surface area contributed by atoms with Crippen LogP contribution in [0.4, 0.5) is 5.13 Å². The number of carbonyl (C=O) groups is 1. The lowest BCUT2D eigenvalue weighted by molar-refractivity contribution is 0.0985. The lowest BCUT2D eigenvalue weighted by Crippen LogP contribution is -2.30. The van der Waals surface area contributed by atoms with Crippen molar-refractivity contribution in [2.24, 2.45) is 0 Å². The highest BCUT2D eigenvalue weighted by atomic mass is 79.9. The summed E-state index contributed by atoms with van der Waals surface area (Å²) >= 11 is 10.9. The molecule has 6 heteroatoms. The maximum absolute atomic E-state index is 13.3. The third kappa shape index (κ3) is 4.75. The smallest absolute Gasteiger partial charge is 0.260 e. The third-order valence-corrected chi connectivity index (χ3v) is 6.03. The molecule has 0 aliphatic heterocycles. The minimum absolute atomic E-state index is 0.0849. The Bertz CT molecular complexity index is 1110. The molecular weight excluding hydrogens is 468 g/mol. The first kappa shape index (κ1) is 19.8. The molecule has 0 spiro atoms. The maximum Gasteiger partial charge on any atom is 0.260 e. The maximum atomic E-state index is 13.3. The molecule has 144 valence electrons. The molecule has 4 rings (SSSR count). The standard InChI is InChI=1S/C23H16BrClN2OS/c24-19-10-6-18(7-11-19)22(28)27(14-16-4-2-1-3-5-16)23-26-21(15-29-23)17-8-12-20(25)13-9-17/h1-13,15H,14H2. The molecule has 0 saturated heterocycles. The Labute approximate surface area is 186 Å². The van der Waals surface area contributed by atoms with Crippen molar-refractivity contribution < 1.29 is 4.79 Å². The van der Waals surface area contributed by atoms with Gasteiger partial charge < -0.3 is 0 Å². The van der Waals surface area contributed by atoms with Gasteiger partial charge in [-0.2, -0.15) is 0 Å². The number of anilines is 1. The lowest BCUT2D eigenvalue weighted by Gasteiger charge is -2.20. The van der Waals surface area contributed by atoms with Crippen LogP contribution < -0.4 is 4.90 Å². The van der Waals surface area contributed by atoms with E-state index in [4.69, 9.17) is 16.6 Å². The first-order chi connectivity index (χ1) is 14.1. The van der Waals surface area contributed by atoms with E-state index in [1.165, 1.54) is 11.3 Å². The summed E-state index contributed by atoms with van der Waals surface area (Å²) in [6.45, 7) is 0.448. The monoisotopic (exact) mass is 482 g/mol. The fourth-order valence-electron chi connectivity index (χ4n) is 2.88. The fourth-order valence-corrected chi connectivity index (χ4v) is 4.10. The van der Waals surface area contributed by atoms with Crippen molar-refractivity contribution in [2.45, 2.75) is 6.54 Å². The van der Waals surface area contributed by atoms with Crippen molar-refractivity contribution in [3.8, 4) is 11.3 Å². The zero-order valence-corrected chi connectivity index (χ0v) is 18.4. The number of hydrogen-bond donors (Lipinski definition) is 0. The molecule has 0 unspecified atom stereocenters. The number of aromatic nitrogens is 1. The van der Waals surface area contributed by atoms with E-state index in [9.17, 15) is 4.79 Å². The average Bonchev–Trinajstić information content (AvgIpc) is 3.23. The molecular formula is C23H16BrClN2OS. The van der Waals surface area contributed by atoms with Gasteiger partial charge in [0, 0.05) is 26.0 Å². The minimum Gasteiger partial charge on any atom is -0.279 e. The second-order valence-electron chi connectivity index (χ2n) is 6.41. The quantitative estimate of drug-likeness (QED) is 0.304. The molecule has 0 radical (unpaired) electrons. The number of carbonyl (C=O) groups excluding carboxylic acids is 1. The molecule has 29 heavy (non-hydrogen) atoms. The van der Waals surface area contributed by atoms with E-state index in [-0.39, 0.29) is 5.91 Å². The van der Waals surface area contributed by atoms with Crippen LogP contribution in [0.5, 0.6) is 0 Å². The number of hydrogen-bond acceptors (Lipinski definition) is 3. The molecule has 1 aromatic heterocycles. The number of thiazole rings is 1. The van der Waals surface area contributed by atoms with Crippen LogP contribution in [-0.2, 0) is 6.54 Å². The minimum atomic E-state index is -0.0849. The van der Waals surface area contributed by atoms with Crippen LogP contribution in [0.25, 0.3) is 11.3 Å². The summed E-state index contributed by atoms with van der Waals surface area (Å²) in [6, 6.07) is 24.8. The molecule has 1 amide bonds. The van der Waals surface area contributed by atoms with E-state index >= 15 is 0 Å². The highest BCUT2D eigenvalue weighted by Crippen LogP contribution is 2.30. The molecule has 0 atom stereocenters. The highest BCUT2D eigenvalue weighted by molar-refractivity contribution is 9.10. The molecule has 0 saturated carbocycles. The number of rotatable bonds is 5. The van der Waals surface area contributed by atoms with Gasteiger partial charge in [-0.05, 0) is 42.0 Å². The van der Waals surface area contributed by atoms with Crippen molar-refractivity contribution in [1.82, 2.24) is 4.98 Å². The zero-order chi connectivity index (χ0) is 20.2. The van der Waals surface area contributed by atoms with Gasteiger partial charge in [0.1, 0.15) is 0 Å². The van der Waals surface area contributed by atoms with Gasteiger partial charge in [-0.3, -0.25) is 9.69 Å². The molecule has 0 aliphatic rings. The summed E-state index contributed by atoms with van der Waals surface area (Å²) in [4.78, 5) is 19.8. The van der Waals surface area contributed by atoms with Crippen molar-refractivity contribution in [3.05, 3.63) is 105 Å². The first-order valence-electron chi connectivity index (χ1n) is 8.93. The second-order valence-corrected chi connectivity index (χ2v) is 8.59. The van der Waals surface area contributed by atoms with Crippen molar-refractivity contribution in [2.75, 3.05) is 4.90 Å². The molecule has 1 heterocycles. The Kier molecular flexibility index (Phi) is 6.09. The van der Waals surface area contributed by atoms with Gasteiger partial charge in [-0.25, -0.2) is 4.98 Å². The van der Waals surface area contributed by atoms with Gasteiger partial charge in [-0.15, -0.1) is 11.3 Å². The Morgan fingerprint density at radius 2 is 1.66 bits per heavy atom. The lowest BCUT2D eigenvalue weighted by atomic mass is 10.1. The van der Waals surface area contributed by atoms with Crippen molar-refractivity contribution in [1.29, 1.82) is 0 Å². The van der Waals surface area contributed by atoms with Gasteiger partial charge in [0.25, 0.3) is 5.91 Å². The van der Waals surface area contributed by atoms with Gasteiger partial charge in [-0.1, -0.05) is 70.0 Å². The number of amides is 1. The topological polar surface area (TPSA) is 33.2 Å². The van der Waals surface area contributed by atoms with E-state index < -0.39 is 0 Å². The van der Waals surface area contributed by atoms with E-state index in [1.54, 1.807) is 4.90 Å². The fraction of sp³-hybridized carbons (Fsp3) is 0.0435. The summed E-state index contributed by atoms with van der Waals surface area (Å²) in [5.41, 5.74) is 3.45. The Hall–Kier alpha value is -2.47. The first-order valence-corrected chi connectivity index (χ1v) is 11.0. The van der Waals surface area contributed by atoms with E-state index in [1.807, 2.05) is 84.2 Å². The summed E-state index contributed by atoms with van der Waals surface area (Å²) in [5, 5.41) is 3.30. The summed E-state index contributed by atoms with van der Waals surface area (Å²) in [5.74, 6) is -0.0849. The normalized spacial score (nSPS) is 10.7. The molecule has 4 aromatic rings. The van der Waals surface area contributed by atoms with Crippen molar-refractivity contribution >= 4 is 49.9 Å². The van der Waals surface area contributed by atoms with E-state index in [0.29, 0.717) is 22.3 Å². The molecule has 0 N–H and O–H groups in total. The Balaban J connectivity index is 1.69. The summed E-state index contributed by atoms with van der Waals surface area (Å²) in [7, 11) is 0. The SMILES string of the molecule is O=C(c1ccc(Br)cc1)N(Cc1ccccc1)c1nc(-c2ccc(Cl)cc2)cs1. The van der Waals surface area contributed by atoms with Gasteiger partial charge >= 0.3 is 0 Å². The molecule has 0 fully saturated rings. The van der Waals surface area contributed by atoms with Gasteiger partial charge in [0.15, 0.2) is 5.13 Å². The zero-order valence-electron chi connectivity index (χ0n) is 15.3. The van der Waals surface area contributed by atoms with Crippen LogP contribution in [-0.4, -0.2) is 10.9 Å². The molecule has 0 aliphatic carbocycles. The predicted molar refractivity (Wildman–Crippen MR) is 124 cm³/mol. The van der Waals surface area contributed by atoms with Crippen LogP contribution in [0, 0.1) is 0 Å². The molecule has 0 bridgehead atoms. The number of benzene rings is 3. The van der Waals surface area contributed by atoms with Crippen LogP contribution in [0.15, 0.2) is 88.7 Å².